The topological polar surface area (TPSA) is 70.1 Å². The fourth-order valence-corrected chi connectivity index (χ4v) is 5.19. The Morgan fingerprint density at radius 3 is 2.17 bits per heavy atom. The summed E-state index contributed by atoms with van der Waals surface area (Å²) in [5.41, 5.74) is 2.85. The van der Waals surface area contributed by atoms with E-state index in [1.54, 1.807) is 25.7 Å². The summed E-state index contributed by atoms with van der Waals surface area (Å²) in [5, 5.41) is 11.6. The second kappa shape index (κ2) is 12.6. The maximum atomic E-state index is 14.6. The van der Waals surface area contributed by atoms with Crippen LogP contribution in [0.15, 0.2) is 78.9 Å². The number of piperazine rings is 1. The first-order chi connectivity index (χ1) is 19.0. The number of carbonyl (C=O) groups excluding carboxylic acids is 2. The predicted octanol–water partition coefficient (Wildman–Crippen LogP) is 5.60. The van der Waals surface area contributed by atoms with Gasteiger partial charge in [-0.25, -0.2) is 9.18 Å². The van der Waals surface area contributed by atoms with Crippen LogP contribution in [-0.2, 0) is 28.9 Å². The number of hydrogen-bond donors (Lipinski definition) is 1. The molecule has 3 atom stereocenters. The Balaban J connectivity index is 1.55. The maximum Gasteiger partial charge on any atom is 0.411 e. The van der Waals surface area contributed by atoms with Crippen LogP contribution in [0.2, 0.25) is 0 Å². The van der Waals surface area contributed by atoms with E-state index in [9.17, 15) is 19.1 Å². The Kier molecular flexibility index (Phi) is 9.25. The van der Waals surface area contributed by atoms with E-state index >= 15 is 0 Å². The number of carbonyl (C=O) groups is 2. The lowest BCUT2D eigenvalue weighted by Gasteiger charge is -2.43. The maximum absolute atomic E-state index is 14.6. The monoisotopic (exact) mass is 546 g/mol. The second-order valence-corrected chi connectivity index (χ2v) is 11.7. The molecule has 0 aromatic heterocycles. The normalized spacial score (nSPS) is 17.4. The molecule has 0 aliphatic carbocycles. The number of halogens is 1. The highest BCUT2D eigenvalue weighted by molar-refractivity contribution is 5.87. The largest absolute Gasteiger partial charge is 0.444 e. The van der Waals surface area contributed by atoms with Crippen molar-refractivity contribution in [2.75, 3.05) is 13.1 Å². The standard InChI is InChI=1S/C33H39FN2O4/c1-23(17-26-19-27(21-28(34)20-26)18-24-11-7-5-8-12-24)30(37)29-31(38)35(22-25-13-9-6-10-14-25)15-16-36(29)32(39)40-33(2,3)4/h5-14,19-21,23,29-30,37H,15-18,22H2,1-4H3/t23-,29?,30?/m0/s1. The Morgan fingerprint density at radius 1 is 0.950 bits per heavy atom. The van der Waals surface area contributed by atoms with Crippen molar-refractivity contribution in [2.45, 2.75) is 64.8 Å². The molecule has 7 heteroatoms. The minimum absolute atomic E-state index is 0.239. The van der Waals surface area contributed by atoms with Gasteiger partial charge in [0.15, 0.2) is 0 Å². The molecule has 1 aliphatic heterocycles. The quantitative estimate of drug-likeness (QED) is 0.399. The molecule has 3 aromatic carbocycles. The van der Waals surface area contributed by atoms with Crippen LogP contribution in [0.25, 0.3) is 0 Å². The van der Waals surface area contributed by atoms with Gasteiger partial charge in [0.1, 0.15) is 17.5 Å². The van der Waals surface area contributed by atoms with Gasteiger partial charge >= 0.3 is 6.09 Å². The molecule has 1 fully saturated rings. The van der Waals surface area contributed by atoms with Crippen LogP contribution in [0.1, 0.15) is 49.9 Å². The molecule has 0 saturated carbocycles. The third-order valence-corrected chi connectivity index (χ3v) is 7.09. The van der Waals surface area contributed by atoms with Crippen LogP contribution in [0.3, 0.4) is 0 Å². The van der Waals surface area contributed by atoms with Gasteiger partial charge in [-0.2, -0.15) is 0 Å². The number of hydrogen-bond acceptors (Lipinski definition) is 4. The smallest absolute Gasteiger partial charge is 0.411 e. The van der Waals surface area contributed by atoms with E-state index < -0.39 is 29.8 Å². The van der Waals surface area contributed by atoms with Crippen molar-refractivity contribution in [2.24, 2.45) is 5.92 Å². The first kappa shape index (κ1) is 29.3. The lowest BCUT2D eigenvalue weighted by Crippen LogP contribution is -2.64. The molecule has 0 spiro atoms. The molecular formula is C33H39FN2O4. The van der Waals surface area contributed by atoms with Gasteiger partial charge in [0.2, 0.25) is 5.91 Å². The summed E-state index contributed by atoms with van der Waals surface area (Å²) >= 11 is 0. The number of amides is 2. The minimum Gasteiger partial charge on any atom is -0.444 e. The minimum atomic E-state index is -1.18. The molecule has 0 radical (unpaired) electrons. The highest BCUT2D eigenvalue weighted by Crippen LogP contribution is 2.26. The number of ether oxygens (including phenoxy) is 1. The summed E-state index contributed by atoms with van der Waals surface area (Å²) < 4.78 is 20.2. The Labute approximate surface area is 236 Å². The number of aliphatic hydroxyl groups is 1. The lowest BCUT2D eigenvalue weighted by atomic mass is 9.88. The molecule has 1 aliphatic rings. The van der Waals surface area contributed by atoms with Crippen LogP contribution in [0, 0.1) is 11.7 Å². The van der Waals surface area contributed by atoms with Gasteiger partial charge in [-0.3, -0.25) is 9.69 Å². The first-order valence-corrected chi connectivity index (χ1v) is 13.8. The van der Waals surface area contributed by atoms with Crippen LogP contribution in [0.5, 0.6) is 0 Å². The Morgan fingerprint density at radius 2 is 1.55 bits per heavy atom. The van der Waals surface area contributed by atoms with Crippen molar-refractivity contribution in [3.63, 3.8) is 0 Å². The number of rotatable bonds is 8. The fourth-order valence-electron chi connectivity index (χ4n) is 5.19. The molecule has 3 aromatic rings. The van der Waals surface area contributed by atoms with Gasteiger partial charge in [-0.1, -0.05) is 73.7 Å². The molecule has 212 valence electrons. The van der Waals surface area contributed by atoms with E-state index in [-0.39, 0.29) is 18.3 Å². The summed E-state index contributed by atoms with van der Waals surface area (Å²) in [6.07, 6.45) is -0.887. The second-order valence-electron chi connectivity index (χ2n) is 11.7. The van der Waals surface area contributed by atoms with Crippen LogP contribution < -0.4 is 0 Å². The van der Waals surface area contributed by atoms with E-state index in [0.29, 0.717) is 25.9 Å². The molecule has 6 nitrogen and oxygen atoms in total. The highest BCUT2D eigenvalue weighted by Gasteiger charge is 2.44. The van der Waals surface area contributed by atoms with E-state index in [1.807, 2.05) is 73.7 Å². The van der Waals surface area contributed by atoms with Crippen molar-refractivity contribution in [3.05, 3.63) is 107 Å². The predicted molar refractivity (Wildman–Crippen MR) is 153 cm³/mol. The highest BCUT2D eigenvalue weighted by atomic mass is 19.1. The number of nitrogens with zero attached hydrogens (tertiary/aromatic N) is 2. The van der Waals surface area contributed by atoms with E-state index in [2.05, 4.69) is 0 Å². The average Bonchev–Trinajstić information content (AvgIpc) is 2.89. The molecule has 40 heavy (non-hydrogen) atoms. The van der Waals surface area contributed by atoms with Gasteiger partial charge in [0, 0.05) is 19.6 Å². The number of aliphatic hydroxyl groups excluding tert-OH is 1. The Hall–Kier alpha value is -3.71. The summed E-state index contributed by atoms with van der Waals surface area (Å²) in [6.45, 7) is 8.08. The zero-order valence-electron chi connectivity index (χ0n) is 23.7. The first-order valence-electron chi connectivity index (χ1n) is 13.8. The molecule has 2 amide bonds. The van der Waals surface area contributed by atoms with Crippen molar-refractivity contribution in [1.82, 2.24) is 9.80 Å². The van der Waals surface area contributed by atoms with Crippen LogP contribution in [0.4, 0.5) is 9.18 Å². The summed E-state index contributed by atoms with van der Waals surface area (Å²) in [4.78, 5) is 30.0. The number of benzene rings is 3. The molecule has 1 N–H and O–H groups in total. The SMILES string of the molecule is C[C@@H](Cc1cc(F)cc(Cc2ccccc2)c1)C(O)C1C(=O)N(Cc2ccccc2)CCN1C(=O)OC(C)(C)C. The summed E-state index contributed by atoms with van der Waals surface area (Å²) in [6, 6.07) is 23.3. The molecule has 1 heterocycles. The third kappa shape index (κ3) is 7.69. The van der Waals surface area contributed by atoms with Gasteiger partial charge in [0.25, 0.3) is 0 Å². The molecular weight excluding hydrogens is 507 g/mol. The molecule has 4 rings (SSSR count). The zero-order chi connectivity index (χ0) is 28.9. The van der Waals surface area contributed by atoms with E-state index in [4.69, 9.17) is 4.74 Å². The van der Waals surface area contributed by atoms with Crippen molar-refractivity contribution < 1.29 is 23.8 Å². The van der Waals surface area contributed by atoms with Crippen LogP contribution in [-0.4, -0.2) is 57.7 Å². The van der Waals surface area contributed by atoms with Crippen molar-refractivity contribution >= 4 is 12.0 Å². The Bertz CT molecular complexity index is 1290. The van der Waals surface area contributed by atoms with Gasteiger partial charge in [0.05, 0.1) is 6.10 Å². The third-order valence-electron chi connectivity index (χ3n) is 7.09. The average molecular weight is 547 g/mol. The zero-order valence-corrected chi connectivity index (χ0v) is 23.7. The van der Waals surface area contributed by atoms with Crippen molar-refractivity contribution in [1.29, 1.82) is 0 Å². The van der Waals surface area contributed by atoms with E-state index in [1.165, 1.54) is 17.0 Å². The summed E-state index contributed by atoms with van der Waals surface area (Å²) in [7, 11) is 0. The molecule has 1 saturated heterocycles. The lowest BCUT2D eigenvalue weighted by molar-refractivity contribution is -0.149. The fraction of sp³-hybridized carbons (Fsp3) is 0.394. The van der Waals surface area contributed by atoms with Gasteiger partial charge in [-0.15, -0.1) is 0 Å². The van der Waals surface area contributed by atoms with Crippen molar-refractivity contribution in [3.8, 4) is 0 Å². The molecule has 0 bridgehead atoms. The molecule has 2 unspecified atom stereocenters. The summed E-state index contributed by atoms with van der Waals surface area (Å²) in [5.74, 6) is -1.12. The van der Waals surface area contributed by atoms with Gasteiger partial charge in [-0.05, 0) is 73.9 Å². The van der Waals surface area contributed by atoms with E-state index in [0.717, 1.165) is 22.3 Å². The van der Waals surface area contributed by atoms with Crippen LogP contribution >= 0.6 is 0 Å². The van der Waals surface area contributed by atoms with Gasteiger partial charge < -0.3 is 14.7 Å².